The maximum Gasteiger partial charge on any atom is 0.338 e. The maximum atomic E-state index is 12.6. The van der Waals surface area contributed by atoms with Crippen molar-refractivity contribution in [3.63, 3.8) is 0 Å². The topological polar surface area (TPSA) is 86.8 Å². The third-order valence-electron chi connectivity index (χ3n) is 4.28. The average molecular weight is 442 g/mol. The van der Waals surface area contributed by atoms with Crippen molar-refractivity contribution in [1.29, 1.82) is 0 Å². The lowest BCUT2D eigenvalue weighted by Crippen LogP contribution is -2.09. The zero-order valence-electron chi connectivity index (χ0n) is 16.2. The Bertz CT molecular complexity index is 1050. The Kier molecular flexibility index (Phi) is 6.70. The predicted molar refractivity (Wildman–Crippen MR) is 118 cm³/mol. The number of aromatic nitrogens is 2. The van der Waals surface area contributed by atoms with Crippen LogP contribution in [0.1, 0.15) is 21.7 Å². The van der Waals surface area contributed by atoms with Crippen LogP contribution in [0.25, 0.3) is 11.5 Å². The first-order chi connectivity index (χ1) is 14.7. The van der Waals surface area contributed by atoms with Gasteiger partial charge in [0.15, 0.2) is 6.61 Å². The van der Waals surface area contributed by atoms with Crippen LogP contribution in [-0.4, -0.2) is 39.9 Å². The molecule has 0 atom stereocenters. The van der Waals surface area contributed by atoms with Crippen LogP contribution in [0.15, 0.2) is 58.0 Å². The molecule has 2 aromatic carbocycles. The zero-order valence-corrected chi connectivity index (χ0v) is 17.9. The second-order valence-corrected chi connectivity index (χ2v) is 8.57. The lowest BCUT2D eigenvalue weighted by Gasteiger charge is -2.08. The number of carbonyl (C=O) groups excluding carboxylic acids is 1. The number of methoxy groups -OCH3 is 1. The van der Waals surface area contributed by atoms with E-state index in [9.17, 15) is 4.79 Å². The van der Waals surface area contributed by atoms with E-state index in [2.05, 4.69) is 15.1 Å². The lowest BCUT2D eigenvalue weighted by atomic mass is 10.1. The van der Waals surface area contributed by atoms with Crippen molar-refractivity contribution in [3.8, 4) is 17.2 Å². The summed E-state index contributed by atoms with van der Waals surface area (Å²) in [5, 5.41) is 3.89. The smallest absolute Gasteiger partial charge is 0.338 e. The monoisotopic (exact) mass is 441 g/mol. The molecule has 0 amide bonds. The molecule has 30 heavy (non-hydrogen) atoms. The molecule has 0 aliphatic carbocycles. The highest BCUT2D eigenvalue weighted by Gasteiger charge is 2.16. The van der Waals surface area contributed by atoms with Crippen molar-refractivity contribution in [3.05, 3.63) is 65.5 Å². The number of carbonyl (C=O) groups is 1. The van der Waals surface area contributed by atoms with Gasteiger partial charge in [-0.15, -0.1) is 0 Å². The molecule has 0 N–H and O–H groups in total. The van der Waals surface area contributed by atoms with Crippen LogP contribution in [0, 0.1) is 0 Å². The fourth-order valence-electron chi connectivity index (χ4n) is 2.76. The Morgan fingerprint density at radius 2 is 2.03 bits per heavy atom. The molecule has 0 unspecified atom stereocenters. The Morgan fingerprint density at radius 3 is 2.80 bits per heavy atom. The van der Waals surface area contributed by atoms with Crippen molar-refractivity contribution in [2.75, 3.05) is 19.4 Å². The standard InChI is InChI=1S/C21H19N3O4S2/c1-26-16-8-6-14(7-9-16)19-23-18(24-28-19)12-27-20(25)17-5-3-2-4-15(17)13-30-21-22-10-11-29-21/h2-9H,10-13H2,1H3. The van der Waals surface area contributed by atoms with E-state index >= 15 is 0 Å². The normalized spacial score (nSPS) is 13.2. The van der Waals surface area contributed by atoms with E-state index in [1.165, 1.54) is 0 Å². The van der Waals surface area contributed by atoms with Gasteiger partial charge in [0.2, 0.25) is 5.82 Å². The lowest BCUT2D eigenvalue weighted by molar-refractivity contribution is 0.0458. The van der Waals surface area contributed by atoms with E-state index in [0.29, 0.717) is 23.0 Å². The summed E-state index contributed by atoms with van der Waals surface area (Å²) in [5.74, 6) is 2.68. The average Bonchev–Trinajstić information content (AvgIpc) is 3.48. The van der Waals surface area contributed by atoms with E-state index in [1.54, 1.807) is 36.7 Å². The number of benzene rings is 2. The fourth-order valence-corrected chi connectivity index (χ4v) is 4.77. The number of aliphatic imine (C=N–C) groups is 1. The largest absolute Gasteiger partial charge is 0.497 e. The van der Waals surface area contributed by atoms with Gasteiger partial charge in [0, 0.05) is 17.1 Å². The van der Waals surface area contributed by atoms with Crippen molar-refractivity contribution in [2.45, 2.75) is 12.4 Å². The molecule has 4 rings (SSSR count). The highest BCUT2D eigenvalue weighted by molar-refractivity contribution is 8.38. The number of hydrogen-bond acceptors (Lipinski definition) is 9. The van der Waals surface area contributed by atoms with Crippen molar-refractivity contribution in [2.24, 2.45) is 4.99 Å². The van der Waals surface area contributed by atoms with Crippen LogP contribution in [-0.2, 0) is 17.1 Å². The van der Waals surface area contributed by atoms with Gasteiger partial charge in [-0.3, -0.25) is 4.99 Å². The van der Waals surface area contributed by atoms with Crippen molar-refractivity contribution < 1.29 is 18.8 Å². The first-order valence-electron chi connectivity index (χ1n) is 9.25. The molecule has 9 heteroatoms. The molecular weight excluding hydrogens is 422 g/mol. The third kappa shape index (κ3) is 5.03. The van der Waals surface area contributed by atoms with Gasteiger partial charge >= 0.3 is 5.97 Å². The SMILES string of the molecule is COc1ccc(-c2nc(COC(=O)c3ccccc3CSC3=NCCS3)no2)cc1. The van der Waals surface area contributed by atoms with E-state index in [0.717, 1.165) is 33.5 Å². The number of ether oxygens (including phenoxy) is 2. The predicted octanol–water partition coefficient (Wildman–Crippen LogP) is 4.44. The van der Waals surface area contributed by atoms with Gasteiger partial charge in [-0.05, 0) is 35.9 Å². The molecule has 154 valence electrons. The molecule has 7 nitrogen and oxygen atoms in total. The number of nitrogens with zero attached hydrogens (tertiary/aromatic N) is 3. The summed E-state index contributed by atoms with van der Waals surface area (Å²) in [6, 6.07) is 14.7. The fraction of sp³-hybridized carbons (Fsp3) is 0.238. The molecule has 0 radical (unpaired) electrons. The Morgan fingerprint density at radius 1 is 1.20 bits per heavy atom. The molecule has 1 aliphatic rings. The van der Waals surface area contributed by atoms with E-state index in [4.69, 9.17) is 14.0 Å². The molecule has 3 aromatic rings. The second-order valence-electron chi connectivity index (χ2n) is 6.26. The molecule has 0 saturated heterocycles. The molecule has 2 heterocycles. The van der Waals surface area contributed by atoms with E-state index < -0.39 is 5.97 Å². The van der Waals surface area contributed by atoms with Crippen molar-refractivity contribution in [1.82, 2.24) is 10.1 Å². The van der Waals surface area contributed by atoms with Gasteiger partial charge in [0.25, 0.3) is 5.89 Å². The van der Waals surface area contributed by atoms with E-state index in [-0.39, 0.29) is 6.61 Å². The number of thioether (sulfide) groups is 2. The van der Waals surface area contributed by atoms with Crippen LogP contribution in [0.4, 0.5) is 0 Å². The van der Waals surface area contributed by atoms with Gasteiger partial charge in [0.1, 0.15) is 10.1 Å². The second kappa shape index (κ2) is 9.82. The molecule has 0 bridgehead atoms. The summed E-state index contributed by atoms with van der Waals surface area (Å²) in [6.45, 7) is 0.794. The minimum Gasteiger partial charge on any atom is -0.497 e. The van der Waals surface area contributed by atoms with Gasteiger partial charge in [-0.25, -0.2) is 4.79 Å². The molecule has 1 aliphatic heterocycles. The highest BCUT2D eigenvalue weighted by atomic mass is 32.2. The quantitative estimate of drug-likeness (QED) is 0.498. The third-order valence-corrected chi connectivity index (χ3v) is 6.58. The number of esters is 1. The molecule has 0 saturated carbocycles. The summed E-state index contributed by atoms with van der Waals surface area (Å²) < 4.78 is 16.9. The van der Waals surface area contributed by atoms with Gasteiger partial charge in [-0.2, -0.15) is 4.98 Å². The molecule has 1 aromatic heterocycles. The Labute approximate surface area is 182 Å². The van der Waals surface area contributed by atoms with Crippen LogP contribution in [0.3, 0.4) is 0 Å². The van der Waals surface area contributed by atoms with Crippen LogP contribution in [0.2, 0.25) is 0 Å². The minimum absolute atomic E-state index is 0.0669. The van der Waals surface area contributed by atoms with Gasteiger partial charge in [-0.1, -0.05) is 46.9 Å². The summed E-state index contributed by atoms with van der Waals surface area (Å²) >= 11 is 3.39. The van der Waals surface area contributed by atoms with Crippen LogP contribution in [0.5, 0.6) is 5.75 Å². The van der Waals surface area contributed by atoms with Gasteiger partial charge in [0.05, 0.1) is 19.2 Å². The first kappa shape index (κ1) is 20.5. The summed E-state index contributed by atoms with van der Waals surface area (Å²) in [5.41, 5.74) is 2.21. The summed E-state index contributed by atoms with van der Waals surface area (Å²) in [4.78, 5) is 21.3. The van der Waals surface area contributed by atoms with Crippen molar-refractivity contribution >= 4 is 33.9 Å². The molecule has 0 fully saturated rings. The maximum absolute atomic E-state index is 12.6. The number of rotatable bonds is 7. The first-order valence-corrected chi connectivity index (χ1v) is 11.2. The molecular formula is C21H19N3O4S2. The Hall–Kier alpha value is -2.78. The van der Waals surface area contributed by atoms with E-state index in [1.807, 2.05) is 42.5 Å². The summed E-state index contributed by atoms with van der Waals surface area (Å²) in [7, 11) is 1.60. The summed E-state index contributed by atoms with van der Waals surface area (Å²) in [6.07, 6.45) is 0. The minimum atomic E-state index is -0.414. The molecule has 0 spiro atoms. The van der Waals surface area contributed by atoms with Crippen LogP contribution >= 0.6 is 23.5 Å². The number of hydrogen-bond donors (Lipinski definition) is 0. The van der Waals surface area contributed by atoms with Crippen LogP contribution < -0.4 is 4.74 Å². The Balaban J connectivity index is 1.37. The highest BCUT2D eigenvalue weighted by Crippen LogP contribution is 2.27. The van der Waals surface area contributed by atoms with Gasteiger partial charge < -0.3 is 14.0 Å². The zero-order chi connectivity index (χ0) is 20.8.